The lowest BCUT2D eigenvalue weighted by atomic mass is 9.60. The van der Waals surface area contributed by atoms with E-state index in [1.165, 1.54) is 6.42 Å². The lowest BCUT2D eigenvalue weighted by molar-refractivity contribution is -0.115. The van der Waals surface area contributed by atoms with E-state index in [1.54, 1.807) is 0 Å². The van der Waals surface area contributed by atoms with Gasteiger partial charge in [-0.2, -0.15) is 0 Å². The Labute approximate surface area is 99.4 Å². The van der Waals surface area contributed by atoms with Gasteiger partial charge in [-0.05, 0) is 49.9 Å². The molecule has 1 saturated carbocycles. The van der Waals surface area contributed by atoms with E-state index in [-0.39, 0.29) is 17.1 Å². The SMILES string of the molecule is CC(O)C1(C)CCC2(CC1)OCCC2(C)C. The summed E-state index contributed by atoms with van der Waals surface area (Å²) in [5.41, 5.74) is 0.516. The maximum Gasteiger partial charge on any atom is 0.0734 e. The molecule has 1 heterocycles. The van der Waals surface area contributed by atoms with E-state index < -0.39 is 0 Å². The largest absolute Gasteiger partial charge is 0.393 e. The molecule has 1 saturated heterocycles. The minimum absolute atomic E-state index is 0.0986. The summed E-state index contributed by atoms with van der Waals surface area (Å²) in [6.45, 7) is 9.74. The van der Waals surface area contributed by atoms with Gasteiger partial charge in [-0.15, -0.1) is 0 Å². The Morgan fingerprint density at radius 1 is 1.00 bits per heavy atom. The van der Waals surface area contributed by atoms with Gasteiger partial charge in [0.25, 0.3) is 0 Å². The Bertz CT molecular complexity index is 260. The lowest BCUT2D eigenvalue weighted by Gasteiger charge is -2.49. The van der Waals surface area contributed by atoms with Crippen molar-refractivity contribution in [2.45, 2.75) is 71.5 Å². The molecule has 0 aromatic rings. The first-order valence-corrected chi connectivity index (χ1v) is 6.63. The third-order valence-electron chi connectivity index (χ3n) is 5.55. The molecule has 2 rings (SSSR count). The summed E-state index contributed by atoms with van der Waals surface area (Å²) < 4.78 is 6.09. The smallest absolute Gasteiger partial charge is 0.0734 e. The number of hydrogen-bond acceptors (Lipinski definition) is 2. The zero-order valence-electron chi connectivity index (χ0n) is 11.2. The second-order valence-corrected chi connectivity index (χ2v) is 6.81. The monoisotopic (exact) mass is 226 g/mol. The van der Waals surface area contributed by atoms with Crippen molar-refractivity contribution in [2.24, 2.45) is 10.8 Å². The number of aliphatic hydroxyl groups is 1. The summed E-state index contributed by atoms with van der Waals surface area (Å²) in [4.78, 5) is 0. The second kappa shape index (κ2) is 3.71. The van der Waals surface area contributed by atoms with Gasteiger partial charge in [-0.3, -0.25) is 0 Å². The van der Waals surface area contributed by atoms with E-state index in [9.17, 15) is 5.11 Å². The van der Waals surface area contributed by atoms with Gasteiger partial charge < -0.3 is 9.84 Å². The van der Waals surface area contributed by atoms with Crippen LogP contribution in [-0.4, -0.2) is 23.4 Å². The molecule has 1 spiro atoms. The van der Waals surface area contributed by atoms with Crippen LogP contribution in [0.5, 0.6) is 0 Å². The first-order chi connectivity index (χ1) is 7.31. The Balaban J connectivity index is 2.10. The number of rotatable bonds is 1. The summed E-state index contributed by atoms with van der Waals surface area (Å²) in [7, 11) is 0. The van der Waals surface area contributed by atoms with E-state index in [2.05, 4.69) is 20.8 Å². The summed E-state index contributed by atoms with van der Waals surface area (Å²) in [5, 5.41) is 9.86. The molecule has 0 amide bonds. The molecule has 1 unspecified atom stereocenters. The van der Waals surface area contributed by atoms with Crippen molar-refractivity contribution in [1.82, 2.24) is 0 Å². The van der Waals surface area contributed by atoms with Crippen LogP contribution in [0.4, 0.5) is 0 Å². The van der Waals surface area contributed by atoms with Gasteiger partial charge in [-0.1, -0.05) is 20.8 Å². The van der Waals surface area contributed by atoms with Crippen LogP contribution in [0.1, 0.15) is 59.8 Å². The average Bonchev–Trinajstić information content (AvgIpc) is 2.48. The Hall–Kier alpha value is -0.0800. The van der Waals surface area contributed by atoms with Crippen molar-refractivity contribution in [1.29, 1.82) is 0 Å². The number of hydrogen-bond donors (Lipinski definition) is 1. The van der Waals surface area contributed by atoms with Crippen LogP contribution in [0.2, 0.25) is 0 Å². The average molecular weight is 226 g/mol. The van der Waals surface area contributed by atoms with Gasteiger partial charge >= 0.3 is 0 Å². The van der Waals surface area contributed by atoms with Gasteiger partial charge in [0.2, 0.25) is 0 Å². The molecule has 2 nitrogen and oxygen atoms in total. The van der Waals surface area contributed by atoms with Gasteiger partial charge in [-0.25, -0.2) is 0 Å². The van der Waals surface area contributed by atoms with Gasteiger partial charge in [0.05, 0.1) is 11.7 Å². The normalized spacial score (nSPS) is 44.8. The molecule has 2 fully saturated rings. The number of ether oxygens (including phenoxy) is 1. The van der Waals surface area contributed by atoms with E-state index in [1.807, 2.05) is 6.92 Å². The highest BCUT2D eigenvalue weighted by molar-refractivity contribution is 5.04. The molecule has 16 heavy (non-hydrogen) atoms. The van der Waals surface area contributed by atoms with Crippen molar-refractivity contribution in [3.8, 4) is 0 Å². The topological polar surface area (TPSA) is 29.5 Å². The lowest BCUT2D eigenvalue weighted by Crippen LogP contribution is -2.48. The fourth-order valence-corrected chi connectivity index (χ4v) is 3.39. The van der Waals surface area contributed by atoms with Crippen molar-refractivity contribution in [2.75, 3.05) is 6.61 Å². The van der Waals surface area contributed by atoms with E-state index in [0.29, 0.717) is 5.41 Å². The van der Waals surface area contributed by atoms with Crippen LogP contribution in [0.3, 0.4) is 0 Å². The molecular formula is C14H26O2. The van der Waals surface area contributed by atoms with Crippen LogP contribution in [0.15, 0.2) is 0 Å². The second-order valence-electron chi connectivity index (χ2n) is 6.81. The molecule has 2 heteroatoms. The van der Waals surface area contributed by atoms with Gasteiger partial charge in [0.15, 0.2) is 0 Å². The van der Waals surface area contributed by atoms with Crippen molar-refractivity contribution in [3.05, 3.63) is 0 Å². The molecule has 1 aliphatic carbocycles. The summed E-state index contributed by atoms with van der Waals surface area (Å²) in [6.07, 6.45) is 5.39. The van der Waals surface area contributed by atoms with Gasteiger partial charge in [0.1, 0.15) is 0 Å². The maximum absolute atomic E-state index is 9.86. The van der Waals surface area contributed by atoms with E-state index in [4.69, 9.17) is 4.74 Å². The zero-order valence-corrected chi connectivity index (χ0v) is 11.2. The maximum atomic E-state index is 9.86. The van der Waals surface area contributed by atoms with Crippen molar-refractivity contribution in [3.63, 3.8) is 0 Å². The Morgan fingerprint density at radius 2 is 1.56 bits per heavy atom. The highest BCUT2D eigenvalue weighted by Crippen LogP contribution is 2.55. The zero-order chi connectivity index (χ0) is 12.0. The number of aliphatic hydroxyl groups excluding tert-OH is 1. The first kappa shape index (κ1) is 12.4. The predicted octanol–water partition coefficient (Wildman–Crippen LogP) is 3.13. The van der Waals surface area contributed by atoms with Crippen molar-refractivity contribution >= 4 is 0 Å². The molecule has 1 aliphatic heterocycles. The van der Waals surface area contributed by atoms with Crippen LogP contribution in [0.25, 0.3) is 0 Å². The molecule has 94 valence electrons. The van der Waals surface area contributed by atoms with Gasteiger partial charge in [0, 0.05) is 6.61 Å². The third-order valence-corrected chi connectivity index (χ3v) is 5.55. The van der Waals surface area contributed by atoms with Crippen LogP contribution < -0.4 is 0 Å². The minimum Gasteiger partial charge on any atom is -0.393 e. The third kappa shape index (κ3) is 1.70. The molecule has 0 bridgehead atoms. The summed E-state index contributed by atoms with van der Waals surface area (Å²) >= 11 is 0. The molecule has 1 atom stereocenters. The quantitative estimate of drug-likeness (QED) is 0.744. The fraction of sp³-hybridized carbons (Fsp3) is 1.00. The highest BCUT2D eigenvalue weighted by atomic mass is 16.5. The fourth-order valence-electron chi connectivity index (χ4n) is 3.39. The van der Waals surface area contributed by atoms with E-state index >= 15 is 0 Å². The van der Waals surface area contributed by atoms with E-state index in [0.717, 1.165) is 32.3 Å². The predicted molar refractivity (Wildman–Crippen MR) is 65.3 cm³/mol. The van der Waals surface area contributed by atoms with Crippen LogP contribution in [0, 0.1) is 10.8 Å². The molecule has 0 aromatic carbocycles. The van der Waals surface area contributed by atoms with Crippen LogP contribution >= 0.6 is 0 Å². The summed E-state index contributed by atoms with van der Waals surface area (Å²) in [6, 6.07) is 0. The Kier molecular flexibility index (Phi) is 2.87. The standard InChI is InChI=1S/C14H26O2/c1-11(15)13(4)5-7-14(8-6-13)12(2,3)9-10-16-14/h11,15H,5-10H2,1-4H3. The first-order valence-electron chi connectivity index (χ1n) is 6.63. The molecular weight excluding hydrogens is 200 g/mol. The molecule has 0 aromatic heterocycles. The Morgan fingerprint density at radius 3 is 1.94 bits per heavy atom. The summed E-state index contributed by atoms with van der Waals surface area (Å²) in [5.74, 6) is 0. The molecule has 0 radical (unpaired) electrons. The molecule has 1 N–H and O–H groups in total. The minimum atomic E-state index is -0.200. The van der Waals surface area contributed by atoms with Crippen LogP contribution in [-0.2, 0) is 4.74 Å². The molecule has 2 aliphatic rings. The van der Waals surface area contributed by atoms with Crippen molar-refractivity contribution < 1.29 is 9.84 Å². The highest BCUT2D eigenvalue weighted by Gasteiger charge is 2.53.